The lowest BCUT2D eigenvalue weighted by Crippen LogP contribution is -2.30. The fourth-order valence-corrected chi connectivity index (χ4v) is 1.95. The zero-order chi connectivity index (χ0) is 13.8. The summed E-state index contributed by atoms with van der Waals surface area (Å²) in [5.41, 5.74) is 7.27. The highest BCUT2D eigenvalue weighted by atomic mass is 16.5. The van der Waals surface area contributed by atoms with E-state index in [0.29, 0.717) is 17.9 Å². The van der Waals surface area contributed by atoms with E-state index in [1.807, 2.05) is 24.3 Å². The molecule has 0 aliphatic heterocycles. The molecule has 2 aromatic rings. The number of hydrogen-bond donors (Lipinski definition) is 4. The topological polar surface area (TPSA) is 104 Å². The highest BCUT2D eigenvalue weighted by Gasteiger charge is 2.19. The molecule has 0 bridgehead atoms. The van der Waals surface area contributed by atoms with Crippen molar-refractivity contribution in [2.75, 3.05) is 6.61 Å². The Hall–Kier alpha value is -2.50. The SMILES string of the molecule is CCOC(=O)c1c(CNC(=N)N)[nH]c2ccccc12. The lowest BCUT2D eigenvalue weighted by molar-refractivity contribution is 0.0527. The van der Waals surface area contributed by atoms with Crippen molar-refractivity contribution in [3.8, 4) is 0 Å². The minimum absolute atomic E-state index is 0.145. The third kappa shape index (κ3) is 2.67. The second-order valence-corrected chi connectivity index (χ2v) is 4.01. The van der Waals surface area contributed by atoms with Gasteiger partial charge in [0.25, 0.3) is 0 Å². The van der Waals surface area contributed by atoms with E-state index in [-0.39, 0.29) is 18.5 Å². The number of carbonyl (C=O) groups is 1. The molecule has 0 spiro atoms. The highest BCUT2D eigenvalue weighted by Crippen LogP contribution is 2.23. The first-order valence-corrected chi connectivity index (χ1v) is 5.98. The molecule has 0 aliphatic carbocycles. The molecule has 1 heterocycles. The number of carbonyl (C=O) groups excluding carboxylic acids is 1. The summed E-state index contributed by atoms with van der Waals surface area (Å²) in [4.78, 5) is 15.2. The van der Waals surface area contributed by atoms with Gasteiger partial charge in [-0.15, -0.1) is 0 Å². The Morgan fingerprint density at radius 3 is 2.89 bits per heavy atom. The summed E-state index contributed by atoms with van der Waals surface area (Å²) >= 11 is 0. The Labute approximate surface area is 110 Å². The molecule has 0 radical (unpaired) electrons. The van der Waals surface area contributed by atoms with Crippen molar-refractivity contribution in [1.29, 1.82) is 5.41 Å². The molecule has 0 aliphatic rings. The van der Waals surface area contributed by atoms with Crippen molar-refractivity contribution in [2.45, 2.75) is 13.5 Å². The number of ether oxygens (including phenoxy) is 1. The van der Waals surface area contributed by atoms with E-state index in [0.717, 1.165) is 10.9 Å². The molecule has 1 aromatic carbocycles. The standard InChI is InChI=1S/C13H16N4O2/c1-2-19-12(18)11-8-5-3-4-6-9(8)17-10(11)7-16-13(14)15/h3-6,17H,2,7H2,1H3,(H4,14,15,16). The molecule has 5 N–H and O–H groups in total. The van der Waals surface area contributed by atoms with Crippen molar-refractivity contribution < 1.29 is 9.53 Å². The van der Waals surface area contributed by atoms with Crippen LogP contribution in [0.5, 0.6) is 0 Å². The summed E-state index contributed by atoms with van der Waals surface area (Å²) in [6, 6.07) is 7.49. The van der Waals surface area contributed by atoms with Gasteiger partial charge in [0.15, 0.2) is 5.96 Å². The van der Waals surface area contributed by atoms with Gasteiger partial charge in [0.05, 0.1) is 24.4 Å². The number of nitrogens with one attached hydrogen (secondary N) is 3. The van der Waals surface area contributed by atoms with E-state index in [2.05, 4.69) is 10.3 Å². The maximum atomic E-state index is 12.0. The third-order valence-corrected chi connectivity index (χ3v) is 2.72. The Morgan fingerprint density at radius 1 is 1.47 bits per heavy atom. The largest absolute Gasteiger partial charge is 0.462 e. The van der Waals surface area contributed by atoms with Crippen LogP contribution in [0.4, 0.5) is 0 Å². The van der Waals surface area contributed by atoms with Crippen molar-refractivity contribution in [2.24, 2.45) is 5.73 Å². The second kappa shape index (κ2) is 5.43. The maximum absolute atomic E-state index is 12.0. The average Bonchev–Trinajstić information content (AvgIpc) is 2.74. The number of H-pyrrole nitrogens is 1. The monoisotopic (exact) mass is 260 g/mol. The number of nitrogens with two attached hydrogens (primary N) is 1. The predicted octanol–water partition coefficient (Wildman–Crippen LogP) is 1.33. The smallest absolute Gasteiger partial charge is 0.340 e. The number of para-hydroxylation sites is 1. The van der Waals surface area contributed by atoms with Gasteiger partial charge < -0.3 is 20.8 Å². The Morgan fingerprint density at radius 2 is 2.21 bits per heavy atom. The molecule has 0 atom stereocenters. The van der Waals surface area contributed by atoms with Crippen LogP contribution in [0.2, 0.25) is 0 Å². The zero-order valence-corrected chi connectivity index (χ0v) is 10.6. The molecule has 0 unspecified atom stereocenters. The van der Waals surface area contributed by atoms with Crippen LogP contribution >= 0.6 is 0 Å². The Balaban J connectivity index is 2.45. The molecule has 0 saturated carbocycles. The molecule has 0 amide bonds. The average molecular weight is 260 g/mol. The number of guanidine groups is 1. The molecule has 6 nitrogen and oxygen atoms in total. The molecule has 2 rings (SSSR count). The number of fused-ring (bicyclic) bond motifs is 1. The van der Waals surface area contributed by atoms with Crippen LogP contribution in [0.3, 0.4) is 0 Å². The summed E-state index contributed by atoms with van der Waals surface area (Å²) in [6.45, 7) is 2.36. The molecular weight excluding hydrogens is 244 g/mol. The van der Waals surface area contributed by atoms with E-state index >= 15 is 0 Å². The van der Waals surface area contributed by atoms with Crippen LogP contribution in [0.25, 0.3) is 10.9 Å². The lowest BCUT2D eigenvalue weighted by Gasteiger charge is -2.05. The Bertz CT molecular complexity index is 618. The van der Waals surface area contributed by atoms with E-state index in [1.54, 1.807) is 6.92 Å². The van der Waals surface area contributed by atoms with Crippen LogP contribution in [-0.2, 0) is 11.3 Å². The van der Waals surface area contributed by atoms with E-state index in [1.165, 1.54) is 0 Å². The normalized spacial score (nSPS) is 10.4. The summed E-state index contributed by atoms with van der Waals surface area (Å²) < 4.78 is 5.07. The highest BCUT2D eigenvalue weighted by molar-refractivity contribution is 6.05. The van der Waals surface area contributed by atoms with Gasteiger partial charge in [-0.1, -0.05) is 18.2 Å². The maximum Gasteiger partial charge on any atom is 0.340 e. The third-order valence-electron chi connectivity index (χ3n) is 2.72. The van der Waals surface area contributed by atoms with Crippen molar-refractivity contribution >= 4 is 22.8 Å². The molecule has 0 fully saturated rings. The minimum atomic E-state index is -0.375. The first-order chi connectivity index (χ1) is 9.13. The molecule has 100 valence electrons. The predicted molar refractivity (Wildman–Crippen MR) is 73.0 cm³/mol. The van der Waals surface area contributed by atoms with Gasteiger partial charge in [-0.2, -0.15) is 0 Å². The molecule has 0 saturated heterocycles. The summed E-state index contributed by atoms with van der Waals surface area (Å²) in [7, 11) is 0. The summed E-state index contributed by atoms with van der Waals surface area (Å²) in [6.07, 6.45) is 0. The molecule has 6 heteroatoms. The van der Waals surface area contributed by atoms with Crippen molar-refractivity contribution in [1.82, 2.24) is 10.3 Å². The van der Waals surface area contributed by atoms with Crippen LogP contribution in [0.1, 0.15) is 23.0 Å². The van der Waals surface area contributed by atoms with Crippen molar-refractivity contribution in [3.05, 3.63) is 35.5 Å². The summed E-state index contributed by atoms with van der Waals surface area (Å²) in [5.74, 6) is -0.520. The number of aromatic amines is 1. The lowest BCUT2D eigenvalue weighted by atomic mass is 10.1. The van der Waals surface area contributed by atoms with Crippen molar-refractivity contribution in [3.63, 3.8) is 0 Å². The number of hydrogen-bond acceptors (Lipinski definition) is 3. The summed E-state index contributed by atoms with van der Waals surface area (Å²) in [5, 5.41) is 10.7. The van der Waals surface area contributed by atoms with E-state index < -0.39 is 0 Å². The van der Waals surface area contributed by atoms with Gasteiger partial charge in [-0.25, -0.2) is 4.79 Å². The zero-order valence-electron chi connectivity index (χ0n) is 10.6. The first kappa shape index (κ1) is 12.9. The van der Waals surface area contributed by atoms with Gasteiger partial charge in [-0.05, 0) is 13.0 Å². The van der Waals surface area contributed by atoms with Crippen LogP contribution < -0.4 is 11.1 Å². The van der Waals surface area contributed by atoms with Gasteiger partial charge in [0.2, 0.25) is 0 Å². The van der Waals surface area contributed by atoms with Crippen LogP contribution in [0, 0.1) is 5.41 Å². The fraction of sp³-hybridized carbons (Fsp3) is 0.231. The molecule has 19 heavy (non-hydrogen) atoms. The first-order valence-electron chi connectivity index (χ1n) is 5.98. The minimum Gasteiger partial charge on any atom is -0.462 e. The number of benzene rings is 1. The number of aromatic nitrogens is 1. The van der Waals surface area contributed by atoms with Crippen LogP contribution in [-0.4, -0.2) is 23.5 Å². The van der Waals surface area contributed by atoms with Gasteiger partial charge in [0, 0.05) is 10.9 Å². The van der Waals surface area contributed by atoms with Gasteiger partial charge >= 0.3 is 5.97 Å². The van der Waals surface area contributed by atoms with Gasteiger partial charge in [0.1, 0.15) is 0 Å². The van der Waals surface area contributed by atoms with Crippen LogP contribution in [0.15, 0.2) is 24.3 Å². The number of rotatable bonds is 4. The number of esters is 1. The molecular formula is C13H16N4O2. The van der Waals surface area contributed by atoms with E-state index in [9.17, 15) is 4.79 Å². The quantitative estimate of drug-likeness (QED) is 0.378. The molecule has 1 aromatic heterocycles. The van der Waals surface area contributed by atoms with E-state index in [4.69, 9.17) is 15.9 Å². The fourth-order valence-electron chi connectivity index (χ4n) is 1.95. The Kier molecular flexibility index (Phi) is 3.70. The second-order valence-electron chi connectivity index (χ2n) is 4.01. The van der Waals surface area contributed by atoms with Gasteiger partial charge in [-0.3, -0.25) is 5.41 Å².